The molecule has 0 aromatic heterocycles. The zero-order valence-corrected chi connectivity index (χ0v) is 13.3. The van der Waals surface area contributed by atoms with E-state index in [2.05, 4.69) is 41.6 Å². The van der Waals surface area contributed by atoms with Crippen LogP contribution in [0.2, 0.25) is 0 Å². The molecule has 18 heavy (non-hydrogen) atoms. The van der Waals surface area contributed by atoms with Gasteiger partial charge in [-0.25, -0.2) is 4.31 Å². The van der Waals surface area contributed by atoms with Crippen molar-refractivity contribution >= 4 is 28.5 Å². The Kier molecular flexibility index (Phi) is 4.55. The van der Waals surface area contributed by atoms with Crippen molar-refractivity contribution in [3.8, 4) is 0 Å². The molecule has 104 valence electrons. The molecular weight excluding hydrogens is 264 g/mol. The number of hydrogen-bond acceptors (Lipinski definition) is 4. The van der Waals surface area contributed by atoms with Crippen molar-refractivity contribution in [3.63, 3.8) is 0 Å². The highest BCUT2D eigenvalue weighted by Crippen LogP contribution is 2.35. The average molecular weight is 288 g/mol. The van der Waals surface area contributed by atoms with E-state index in [1.807, 2.05) is 0 Å². The maximum Gasteiger partial charge on any atom is 0.223 e. The number of nitrogens with zero attached hydrogens (tertiary/aromatic N) is 2. The summed E-state index contributed by atoms with van der Waals surface area (Å²) < 4.78 is 2.27. The number of thiol groups is 1. The van der Waals surface area contributed by atoms with E-state index in [0.29, 0.717) is 24.3 Å². The van der Waals surface area contributed by atoms with Gasteiger partial charge >= 0.3 is 0 Å². The van der Waals surface area contributed by atoms with E-state index in [1.165, 1.54) is 23.8 Å². The Hall–Kier alpha value is 0.130. The summed E-state index contributed by atoms with van der Waals surface area (Å²) in [4.78, 5) is 14.5. The number of carbonyl (C=O) groups is 1. The molecule has 0 bridgehead atoms. The summed E-state index contributed by atoms with van der Waals surface area (Å²) in [6.45, 7) is 9.44. The van der Waals surface area contributed by atoms with Gasteiger partial charge in [0.25, 0.3) is 0 Å². The number of fused-ring (bicyclic) bond motifs is 1. The summed E-state index contributed by atoms with van der Waals surface area (Å²) >= 11 is 4.28. The third-order valence-corrected chi connectivity index (χ3v) is 5.20. The highest BCUT2D eigenvalue weighted by molar-refractivity contribution is 8.67. The lowest BCUT2D eigenvalue weighted by molar-refractivity contribution is -0.134. The first-order chi connectivity index (χ1) is 8.40. The van der Waals surface area contributed by atoms with E-state index in [1.54, 1.807) is 0 Å². The van der Waals surface area contributed by atoms with Crippen LogP contribution in [0.25, 0.3) is 0 Å². The molecule has 3 nitrogen and oxygen atoms in total. The Labute approximate surface area is 120 Å². The van der Waals surface area contributed by atoms with E-state index >= 15 is 0 Å². The number of amides is 1. The number of likely N-dealkylation sites (tertiary alicyclic amines) is 1. The van der Waals surface area contributed by atoms with Gasteiger partial charge in [-0.2, -0.15) is 0 Å². The molecule has 2 aliphatic rings. The van der Waals surface area contributed by atoms with Gasteiger partial charge in [-0.3, -0.25) is 4.79 Å². The van der Waals surface area contributed by atoms with Gasteiger partial charge < -0.3 is 4.90 Å². The van der Waals surface area contributed by atoms with Crippen LogP contribution in [-0.2, 0) is 4.79 Å². The fourth-order valence-electron chi connectivity index (χ4n) is 3.05. The zero-order valence-electron chi connectivity index (χ0n) is 11.6. The van der Waals surface area contributed by atoms with Crippen LogP contribution < -0.4 is 0 Å². The molecule has 5 heteroatoms. The molecule has 2 saturated heterocycles. The van der Waals surface area contributed by atoms with Crippen LogP contribution >= 0.6 is 22.6 Å². The van der Waals surface area contributed by atoms with Crippen molar-refractivity contribution in [1.29, 1.82) is 0 Å². The molecular formula is C13H24N2OS2. The number of rotatable bonds is 2. The molecule has 2 fully saturated rings. The Morgan fingerprint density at radius 1 is 1.33 bits per heavy atom. The van der Waals surface area contributed by atoms with Crippen LogP contribution in [0.4, 0.5) is 0 Å². The maximum absolute atomic E-state index is 12.4. The second-order valence-corrected chi connectivity index (χ2v) is 7.87. The van der Waals surface area contributed by atoms with Crippen LogP contribution in [0.1, 0.15) is 40.0 Å². The van der Waals surface area contributed by atoms with E-state index < -0.39 is 0 Å². The minimum atomic E-state index is 0.0851. The minimum absolute atomic E-state index is 0.0851. The summed E-state index contributed by atoms with van der Waals surface area (Å²) in [6, 6.07) is 0.424. The molecule has 0 saturated carbocycles. The van der Waals surface area contributed by atoms with Gasteiger partial charge in [0, 0.05) is 32.1 Å². The van der Waals surface area contributed by atoms with Crippen molar-refractivity contribution < 1.29 is 4.79 Å². The second-order valence-electron chi connectivity index (χ2n) is 6.70. The topological polar surface area (TPSA) is 23.6 Å². The van der Waals surface area contributed by atoms with E-state index in [0.717, 1.165) is 19.6 Å². The first-order valence-corrected chi connectivity index (χ1v) is 8.59. The average Bonchev–Trinajstić information content (AvgIpc) is 2.69. The molecule has 0 aliphatic carbocycles. The third kappa shape index (κ3) is 3.36. The quantitative estimate of drug-likeness (QED) is 0.480. The van der Waals surface area contributed by atoms with Crippen LogP contribution in [0.3, 0.4) is 0 Å². The molecule has 2 rings (SSSR count). The van der Waals surface area contributed by atoms with Gasteiger partial charge in [-0.15, -0.1) is 0 Å². The third-order valence-electron chi connectivity index (χ3n) is 3.94. The van der Waals surface area contributed by atoms with Crippen LogP contribution in [0, 0.1) is 11.3 Å². The fraction of sp³-hybridized carbons (Fsp3) is 0.923. The second kappa shape index (κ2) is 5.63. The number of carbonyl (C=O) groups excluding carboxylic acids is 1. The predicted octanol–water partition coefficient (Wildman–Crippen LogP) is 2.84. The molecule has 0 radical (unpaired) electrons. The van der Waals surface area contributed by atoms with Gasteiger partial charge in [0.15, 0.2) is 0 Å². The van der Waals surface area contributed by atoms with Crippen LogP contribution in [0.5, 0.6) is 0 Å². The first-order valence-electron chi connectivity index (χ1n) is 6.76. The van der Waals surface area contributed by atoms with E-state index in [4.69, 9.17) is 0 Å². The van der Waals surface area contributed by atoms with E-state index in [-0.39, 0.29) is 5.41 Å². The van der Waals surface area contributed by atoms with Crippen molar-refractivity contribution in [1.82, 2.24) is 9.21 Å². The summed E-state index contributed by atoms with van der Waals surface area (Å²) in [5.74, 6) is 1.05. The molecule has 2 atom stereocenters. The van der Waals surface area contributed by atoms with Crippen molar-refractivity contribution in [2.45, 2.75) is 46.1 Å². The van der Waals surface area contributed by atoms with Crippen LogP contribution in [-0.4, -0.2) is 40.8 Å². The highest BCUT2D eigenvalue weighted by atomic mass is 33.1. The van der Waals surface area contributed by atoms with Gasteiger partial charge in [-0.05, 0) is 35.2 Å². The zero-order chi connectivity index (χ0) is 13.3. The maximum atomic E-state index is 12.4. The van der Waals surface area contributed by atoms with Gasteiger partial charge in [-0.1, -0.05) is 32.4 Å². The monoisotopic (exact) mass is 288 g/mol. The summed E-state index contributed by atoms with van der Waals surface area (Å²) in [7, 11) is 1.51. The molecule has 2 aliphatic heterocycles. The van der Waals surface area contributed by atoms with Crippen molar-refractivity contribution in [3.05, 3.63) is 0 Å². The van der Waals surface area contributed by atoms with Gasteiger partial charge in [0.2, 0.25) is 5.91 Å². The Bertz CT molecular complexity index is 317. The Balaban J connectivity index is 1.99. The smallest absolute Gasteiger partial charge is 0.223 e. The van der Waals surface area contributed by atoms with Crippen molar-refractivity contribution in [2.75, 3.05) is 19.6 Å². The highest BCUT2D eigenvalue weighted by Gasteiger charge is 2.40. The SMILES string of the molecule is CC(C)(C)CC(=O)N1CCC2CCN(SS)CC21. The lowest BCUT2D eigenvalue weighted by Crippen LogP contribution is -2.48. The summed E-state index contributed by atoms with van der Waals surface area (Å²) in [5, 5.41) is 0. The lowest BCUT2D eigenvalue weighted by atomic mass is 9.90. The molecule has 0 aromatic rings. The number of hydrogen-bond donors (Lipinski definition) is 1. The molecule has 2 heterocycles. The van der Waals surface area contributed by atoms with Crippen LogP contribution in [0.15, 0.2) is 0 Å². The first kappa shape index (κ1) is 14.5. The Morgan fingerprint density at radius 3 is 2.61 bits per heavy atom. The largest absolute Gasteiger partial charge is 0.338 e. The van der Waals surface area contributed by atoms with Crippen molar-refractivity contribution in [2.24, 2.45) is 11.3 Å². The van der Waals surface area contributed by atoms with E-state index in [9.17, 15) is 4.79 Å². The summed E-state index contributed by atoms with van der Waals surface area (Å²) in [5.41, 5.74) is 0.0851. The van der Waals surface area contributed by atoms with Gasteiger partial charge in [0.1, 0.15) is 0 Å². The molecule has 0 spiro atoms. The predicted molar refractivity (Wildman–Crippen MR) is 80.4 cm³/mol. The Morgan fingerprint density at radius 2 is 2.00 bits per heavy atom. The normalized spacial score (nSPS) is 29.4. The molecule has 0 N–H and O–H groups in total. The molecule has 1 amide bonds. The lowest BCUT2D eigenvalue weighted by Gasteiger charge is -2.37. The number of piperidine rings is 1. The molecule has 2 unspecified atom stereocenters. The minimum Gasteiger partial charge on any atom is -0.338 e. The fourth-order valence-corrected chi connectivity index (χ4v) is 3.90. The summed E-state index contributed by atoms with van der Waals surface area (Å²) in [6.07, 6.45) is 3.05. The molecule has 0 aromatic carbocycles. The van der Waals surface area contributed by atoms with Gasteiger partial charge in [0.05, 0.1) is 0 Å². The standard InChI is InChI=1S/C13H24N2OS2/c1-13(2,3)8-12(16)15-7-5-10-4-6-14(18-17)9-11(10)15/h10-11,17H,4-9H2,1-3H3.